The van der Waals surface area contributed by atoms with Crippen LogP contribution in [0, 0.1) is 0 Å². The SMILES string of the molecule is CCCCCCOP(CCN(CCCN)CCCN)OCCCCCCOP(=O)(CCN(CCCN)CCCN)OCCCCCC. The molecule has 0 aromatic carbocycles. The van der Waals surface area contributed by atoms with Gasteiger partial charge in [0, 0.05) is 19.3 Å². The molecule has 0 fully saturated rings. The van der Waals surface area contributed by atoms with Gasteiger partial charge in [-0.3, -0.25) is 4.57 Å². The average molecular weight is 713 g/mol. The predicted octanol–water partition coefficient (Wildman–Crippen LogP) is 6.28. The third kappa shape index (κ3) is 30.8. The van der Waals surface area contributed by atoms with Crippen molar-refractivity contribution in [2.45, 2.75) is 117 Å². The normalized spacial score (nSPS) is 14.0. The first-order valence-electron chi connectivity index (χ1n) is 19.1. The van der Waals surface area contributed by atoms with Crippen molar-refractivity contribution >= 4 is 16.0 Å². The summed E-state index contributed by atoms with van der Waals surface area (Å²) in [6, 6.07) is 0. The lowest BCUT2D eigenvalue weighted by atomic mass is 10.2. The summed E-state index contributed by atoms with van der Waals surface area (Å²) in [4.78, 5) is 4.74. The quantitative estimate of drug-likeness (QED) is 0.0419. The van der Waals surface area contributed by atoms with E-state index in [2.05, 4.69) is 23.6 Å². The third-order valence-corrected chi connectivity index (χ3v) is 11.5. The van der Waals surface area contributed by atoms with Gasteiger partial charge in [0.25, 0.3) is 0 Å². The lowest BCUT2D eigenvalue weighted by molar-refractivity contribution is 0.190. The van der Waals surface area contributed by atoms with Crippen LogP contribution in [0.15, 0.2) is 0 Å². The molecule has 0 heterocycles. The Labute approximate surface area is 291 Å². The Morgan fingerprint density at radius 2 is 0.872 bits per heavy atom. The minimum atomic E-state index is -3.17. The largest absolute Gasteiger partial charge is 0.334 e. The zero-order valence-electron chi connectivity index (χ0n) is 30.8. The minimum Gasteiger partial charge on any atom is -0.334 e. The molecule has 0 aromatic rings. The van der Waals surface area contributed by atoms with Gasteiger partial charge in [-0.05, 0) is 104 Å². The predicted molar refractivity (Wildman–Crippen MR) is 202 cm³/mol. The fourth-order valence-electron chi connectivity index (χ4n) is 5.11. The van der Waals surface area contributed by atoms with E-state index in [0.29, 0.717) is 58.7 Å². The van der Waals surface area contributed by atoms with Gasteiger partial charge in [-0.15, -0.1) is 0 Å². The van der Waals surface area contributed by atoms with Gasteiger partial charge in [0.05, 0.1) is 32.6 Å². The van der Waals surface area contributed by atoms with Gasteiger partial charge in [0.1, 0.15) is 0 Å². The van der Waals surface area contributed by atoms with E-state index in [9.17, 15) is 4.57 Å². The highest BCUT2D eigenvalue weighted by Crippen LogP contribution is 2.48. The number of hydrogen-bond acceptors (Lipinski definition) is 11. The molecular weight excluding hydrogens is 634 g/mol. The first-order valence-corrected chi connectivity index (χ1v) is 22.2. The minimum absolute atomic E-state index is 0.404. The van der Waals surface area contributed by atoms with Crippen molar-refractivity contribution < 1.29 is 22.7 Å². The Morgan fingerprint density at radius 1 is 0.489 bits per heavy atom. The average Bonchev–Trinajstić information content (AvgIpc) is 3.08. The molecule has 47 heavy (non-hydrogen) atoms. The highest BCUT2D eigenvalue weighted by Gasteiger charge is 2.25. The summed E-state index contributed by atoms with van der Waals surface area (Å²) < 4.78 is 38.2. The molecule has 284 valence electrons. The lowest BCUT2D eigenvalue weighted by Gasteiger charge is -2.25. The van der Waals surface area contributed by atoms with Crippen LogP contribution in [-0.2, 0) is 22.7 Å². The summed E-state index contributed by atoms with van der Waals surface area (Å²) in [7, 11) is -4.09. The molecule has 0 saturated carbocycles. The van der Waals surface area contributed by atoms with Crippen molar-refractivity contribution in [1.82, 2.24) is 9.80 Å². The Morgan fingerprint density at radius 3 is 1.28 bits per heavy atom. The first kappa shape index (κ1) is 47.3. The number of nitrogens with two attached hydrogens (primary N) is 4. The fourth-order valence-corrected chi connectivity index (χ4v) is 8.22. The van der Waals surface area contributed by atoms with Gasteiger partial charge < -0.3 is 50.8 Å². The van der Waals surface area contributed by atoms with Gasteiger partial charge in [-0.2, -0.15) is 0 Å². The van der Waals surface area contributed by atoms with E-state index < -0.39 is 16.0 Å². The standard InChI is InChI=1S/C34H78N6O5P2/c1-3-5-7-11-29-42-46(33-27-39(23-15-19-35)24-16-20-36)43-30-12-9-10-14-32-45-47(41,44-31-13-8-6-4-2)34-28-40(25-17-21-37)26-18-22-38/h3-38H2,1-2H3. The molecular formula is C34H78N6O5P2. The maximum atomic E-state index is 13.7. The van der Waals surface area contributed by atoms with Gasteiger partial charge in [-0.25, -0.2) is 0 Å². The van der Waals surface area contributed by atoms with Crippen molar-refractivity contribution in [1.29, 1.82) is 0 Å². The van der Waals surface area contributed by atoms with Crippen LogP contribution in [0.4, 0.5) is 0 Å². The summed E-state index contributed by atoms with van der Waals surface area (Å²) in [6.07, 6.45) is 18.1. The Bertz CT molecular complexity index is 673. The first-order chi connectivity index (χ1) is 23.0. The van der Waals surface area contributed by atoms with Crippen LogP contribution in [-0.4, -0.2) is 114 Å². The Balaban J connectivity index is 4.70. The maximum Gasteiger partial charge on any atom is 0.331 e. The second-order valence-electron chi connectivity index (χ2n) is 12.5. The molecule has 0 rings (SSSR count). The van der Waals surface area contributed by atoms with Crippen LogP contribution in [0.25, 0.3) is 0 Å². The Kier molecular flexibility index (Phi) is 36.3. The zero-order chi connectivity index (χ0) is 34.7. The van der Waals surface area contributed by atoms with Crippen LogP contribution in [0.2, 0.25) is 0 Å². The molecule has 0 aromatic heterocycles. The molecule has 13 heteroatoms. The number of unbranched alkanes of at least 4 members (excludes halogenated alkanes) is 9. The highest BCUT2D eigenvalue weighted by molar-refractivity contribution is 7.53. The van der Waals surface area contributed by atoms with Crippen LogP contribution < -0.4 is 22.9 Å². The smallest absolute Gasteiger partial charge is 0.331 e. The second-order valence-corrected chi connectivity index (χ2v) is 16.3. The van der Waals surface area contributed by atoms with Crippen molar-refractivity contribution in [3.8, 4) is 0 Å². The molecule has 0 amide bonds. The van der Waals surface area contributed by atoms with Crippen LogP contribution in [0.5, 0.6) is 0 Å². The van der Waals surface area contributed by atoms with E-state index in [1.807, 2.05) is 0 Å². The molecule has 11 nitrogen and oxygen atoms in total. The van der Waals surface area contributed by atoms with E-state index in [0.717, 1.165) is 123 Å². The van der Waals surface area contributed by atoms with Crippen LogP contribution >= 0.6 is 16.0 Å². The molecule has 2 unspecified atom stereocenters. The van der Waals surface area contributed by atoms with Crippen molar-refractivity contribution in [2.24, 2.45) is 22.9 Å². The van der Waals surface area contributed by atoms with E-state index in [-0.39, 0.29) is 0 Å². The molecule has 0 aliphatic heterocycles. The second kappa shape index (κ2) is 36.1. The summed E-state index contributed by atoms with van der Waals surface area (Å²) in [5.74, 6) is 0. The topological polar surface area (TPSA) is 165 Å². The molecule has 0 saturated heterocycles. The highest BCUT2D eigenvalue weighted by atomic mass is 31.2. The van der Waals surface area contributed by atoms with Gasteiger partial charge in [0.15, 0.2) is 8.38 Å². The van der Waals surface area contributed by atoms with Gasteiger partial charge in [0.2, 0.25) is 0 Å². The van der Waals surface area contributed by atoms with E-state index in [1.54, 1.807) is 0 Å². The molecule has 8 N–H and O–H groups in total. The molecule has 2 atom stereocenters. The van der Waals surface area contributed by atoms with Crippen molar-refractivity contribution in [3.05, 3.63) is 0 Å². The molecule has 0 bridgehead atoms. The fraction of sp³-hybridized carbons (Fsp3) is 1.00. The third-order valence-electron chi connectivity index (χ3n) is 8.08. The van der Waals surface area contributed by atoms with Gasteiger partial charge in [-0.1, -0.05) is 65.2 Å². The van der Waals surface area contributed by atoms with Gasteiger partial charge >= 0.3 is 7.60 Å². The molecule has 0 radical (unpaired) electrons. The lowest BCUT2D eigenvalue weighted by Crippen LogP contribution is -2.31. The van der Waals surface area contributed by atoms with Crippen molar-refractivity contribution in [3.63, 3.8) is 0 Å². The van der Waals surface area contributed by atoms with E-state index in [1.165, 1.54) is 25.7 Å². The Hall–Kier alpha value is 0.260. The number of nitrogens with zero attached hydrogens (tertiary/aromatic N) is 2. The maximum absolute atomic E-state index is 13.7. The summed E-state index contributed by atoms with van der Waals surface area (Å²) >= 11 is 0. The summed E-state index contributed by atoms with van der Waals surface area (Å²) in [5.41, 5.74) is 23.0. The monoisotopic (exact) mass is 713 g/mol. The van der Waals surface area contributed by atoms with Crippen LogP contribution in [0.1, 0.15) is 117 Å². The van der Waals surface area contributed by atoms with Crippen molar-refractivity contribution in [2.75, 3.05) is 104 Å². The molecule has 0 spiro atoms. The summed E-state index contributed by atoms with van der Waals surface area (Å²) in [6.45, 7) is 14.9. The number of hydrogen-bond donors (Lipinski definition) is 4. The van der Waals surface area contributed by atoms with E-state index >= 15 is 0 Å². The van der Waals surface area contributed by atoms with Crippen LogP contribution in [0.3, 0.4) is 0 Å². The number of rotatable bonds is 39. The summed E-state index contributed by atoms with van der Waals surface area (Å²) in [5, 5.41) is 0. The zero-order valence-corrected chi connectivity index (χ0v) is 32.6. The van der Waals surface area contributed by atoms with E-state index in [4.69, 9.17) is 41.0 Å². The molecule has 0 aliphatic rings. The molecule has 0 aliphatic carbocycles.